The number of rotatable bonds is 8. The van der Waals surface area contributed by atoms with Gasteiger partial charge in [-0.3, -0.25) is 4.79 Å². The van der Waals surface area contributed by atoms with Crippen molar-refractivity contribution < 1.29 is 15.0 Å². The molecule has 1 aromatic rings. The highest BCUT2D eigenvalue weighted by molar-refractivity contribution is 5.86. The second-order valence-corrected chi connectivity index (χ2v) is 8.65. The molecule has 0 radical (unpaired) electrons. The van der Waals surface area contributed by atoms with E-state index in [1.54, 1.807) is 4.90 Å². The topological polar surface area (TPSA) is 76.0 Å². The van der Waals surface area contributed by atoms with E-state index in [0.717, 1.165) is 32.4 Å². The summed E-state index contributed by atoms with van der Waals surface area (Å²) in [6, 6.07) is 10.3. The quantitative estimate of drug-likeness (QED) is 0.619. The van der Waals surface area contributed by atoms with Gasteiger partial charge in [-0.2, -0.15) is 0 Å². The number of benzene rings is 1. The Hall–Kier alpha value is -1.47. The molecule has 1 aromatic carbocycles. The molecular formula is C22H35N3O3. The number of piperidine rings is 2. The van der Waals surface area contributed by atoms with Crippen LogP contribution in [-0.4, -0.2) is 83.4 Å². The summed E-state index contributed by atoms with van der Waals surface area (Å²) in [5, 5.41) is 24.8. The van der Waals surface area contributed by atoms with Crippen LogP contribution in [-0.2, 0) is 11.2 Å². The molecule has 0 aliphatic carbocycles. The average molecular weight is 390 g/mol. The Labute approximate surface area is 168 Å². The number of nitrogens with one attached hydrogen (secondary N) is 1. The standard InChI is InChI=1S/C22H35N3O3/c1-24-15-11-21(27,12-16-24)17-23-18-22(28)10-6-14-25(20(22)26)13-5-9-19-7-3-2-4-8-19/h2-4,7-8,23,27-28H,5-6,9-18H2,1H3/t22-/m0/s1. The van der Waals surface area contributed by atoms with Gasteiger partial charge in [0.2, 0.25) is 0 Å². The Bertz CT molecular complexity index is 631. The molecular weight excluding hydrogens is 354 g/mol. The molecule has 1 amide bonds. The van der Waals surface area contributed by atoms with Gasteiger partial charge in [0, 0.05) is 39.3 Å². The first kappa shape index (κ1) is 21.2. The van der Waals surface area contributed by atoms with E-state index < -0.39 is 11.2 Å². The van der Waals surface area contributed by atoms with Crippen molar-refractivity contribution in [1.29, 1.82) is 0 Å². The molecule has 0 bridgehead atoms. The molecule has 2 aliphatic heterocycles. The molecule has 2 saturated heterocycles. The molecule has 28 heavy (non-hydrogen) atoms. The molecule has 156 valence electrons. The second-order valence-electron chi connectivity index (χ2n) is 8.65. The van der Waals surface area contributed by atoms with Crippen LogP contribution in [0, 0.1) is 0 Å². The molecule has 0 unspecified atom stereocenters. The van der Waals surface area contributed by atoms with Gasteiger partial charge >= 0.3 is 0 Å². The summed E-state index contributed by atoms with van der Waals surface area (Å²) in [5.74, 6) is -0.172. The molecule has 2 fully saturated rings. The number of aliphatic hydroxyl groups is 2. The number of carbonyl (C=O) groups is 1. The van der Waals surface area contributed by atoms with Gasteiger partial charge in [0.05, 0.1) is 5.60 Å². The van der Waals surface area contributed by atoms with Crippen molar-refractivity contribution in [2.24, 2.45) is 0 Å². The van der Waals surface area contributed by atoms with E-state index in [1.165, 1.54) is 5.56 Å². The van der Waals surface area contributed by atoms with Gasteiger partial charge in [0.15, 0.2) is 5.60 Å². The van der Waals surface area contributed by atoms with E-state index in [9.17, 15) is 15.0 Å². The van der Waals surface area contributed by atoms with E-state index in [0.29, 0.717) is 38.9 Å². The monoisotopic (exact) mass is 389 g/mol. The van der Waals surface area contributed by atoms with Crippen LogP contribution >= 0.6 is 0 Å². The van der Waals surface area contributed by atoms with Gasteiger partial charge < -0.3 is 25.3 Å². The summed E-state index contributed by atoms with van der Waals surface area (Å²) in [7, 11) is 2.06. The number of carbonyl (C=O) groups excluding carboxylic acids is 1. The van der Waals surface area contributed by atoms with Crippen LogP contribution in [0.3, 0.4) is 0 Å². The van der Waals surface area contributed by atoms with Crippen molar-refractivity contribution in [3.8, 4) is 0 Å². The molecule has 1 atom stereocenters. The van der Waals surface area contributed by atoms with Gasteiger partial charge in [-0.05, 0) is 51.1 Å². The highest BCUT2D eigenvalue weighted by Gasteiger charge is 2.42. The second kappa shape index (κ2) is 9.35. The molecule has 2 aliphatic rings. The van der Waals surface area contributed by atoms with Gasteiger partial charge in [-0.25, -0.2) is 0 Å². The molecule has 3 N–H and O–H groups in total. The summed E-state index contributed by atoms with van der Waals surface area (Å²) in [4.78, 5) is 16.9. The van der Waals surface area contributed by atoms with E-state index in [2.05, 4.69) is 29.4 Å². The normalized spacial score (nSPS) is 25.8. The van der Waals surface area contributed by atoms with E-state index in [-0.39, 0.29) is 12.5 Å². The molecule has 3 rings (SSSR count). The number of hydrogen-bond donors (Lipinski definition) is 3. The average Bonchev–Trinajstić information content (AvgIpc) is 2.69. The zero-order valence-electron chi connectivity index (χ0n) is 17.1. The summed E-state index contributed by atoms with van der Waals surface area (Å²) >= 11 is 0. The molecule has 2 heterocycles. The zero-order valence-corrected chi connectivity index (χ0v) is 17.1. The Kier molecular flexibility index (Phi) is 7.10. The van der Waals surface area contributed by atoms with Crippen LogP contribution in [0.5, 0.6) is 0 Å². The van der Waals surface area contributed by atoms with Crippen LogP contribution in [0.4, 0.5) is 0 Å². The number of amides is 1. The predicted molar refractivity (Wildman–Crippen MR) is 110 cm³/mol. The SMILES string of the molecule is CN1CCC(O)(CNC[C@@]2(O)CCCN(CCCc3ccccc3)C2=O)CC1. The molecule has 0 saturated carbocycles. The molecule has 0 spiro atoms. The third kappa shape index (κ3) is 5.54. The minimum absolute atomic E-state index is 0.172. The number of likely N-dealkylation sites (tertiary alicyclic amines) is 2. The predicted octanol–water partition coefficient (Wildman–Crippen LogP) is 1.02. The maximum Gasteiger partial charge on any atom is 0.255 e. The smallest absolute Gasteiger partial charge is 0.255 e. The third-order valence-corrected chi connectivity index (χ3v) is 6.23. The van der Waals surface area contributed by atoms with E-state index in [4.69, 9.17) is 0 Å². The Morgan fingerprint density at radius 1 is 1.04 bits per heavy atom. The van der Waals surface area contributed by atoms with Crippen LogP contribution in [0.25, 0.3) is 0 Å². The minimum Gasteiger partial charge on any atom is -0.388 e. The Morgan fingerprint density at radius 3 is 2.46 bits per heavy atom. The molecule has 0 aromatic heterocycles. The first-order chi connectivity index (χ1) is 13.4. The van der Waals surface area contributed by atoms with Crippen molar-refractivity contribution in [3.63, 3.8) is 0 Å². The van der Waals surface area contributed by atoms with E-state index in [1.807, 2.05) is 18.2 Å². The summed E-state index contributed by atoms with van der Waals surface area (Å²) < 4.78 is 0. The highest BCUT2D eigenvalue weighted by atomic mass is 16.3. The minimum atomic E-state index is -1.35. The lowest BCUT2D eigenvalue weighted by Gasteiger charge is -2.40. The summed E-state index contributed by atoms with van der Waals surface area (Å²) in [5.41, 5.74) is -0.821. The maximum absolute atomic E-state index is 12.9. The third-order valence-electron chi connectivity index (χ3n) is 6.23. The molecule has 6 nitrogen and oxygen atoms in total. The van der Waals surface area contributed by atoms with E-state index >= 15 is 0 Å². The van der Waals surface area contributed by atoms with Gasteiger partial charge in [0.1, 0.15) is 0 Å². The zero-order chi connectivity index (χ0) is 20.0. The number of hydrogen-bond acceptors (Lipinski definition) is 5. The van der Waals surface area contributed by atoms with Gasteiger partial charge in [-0.15, -0.1) is 0 Å². The lowest BCUT2D eigenvalue weighted by Crippen LogP contribution is -2.59. The van der Waals surface area contributed by atoms with Gasteiger partial charge in [-0.1, -0.05) is 30.3 Å². The lowest BCUT2D eigenvalue weighted by molar-refractivity contribution is -0.157. The fourth-order valence-electron chi connectivity index (χ4n) is 4.27. The van der Waals surface area contributed by atoms with Crippen molar-refractivity contribution in [2.75, 3.05) is 46.3 Å². The van der Waals surface area contributed by atoms with Crippen LogP contribution in [0.15, 0.2) is 30.3 Å². The van der Waals surface area contributed by atoms with Crippen molar-refractivity contribution >= 4 is 5.91 Å². The van der Waals surface area contributed by atoms with Crippen LogP contribution in [0.2, 0.25) is 0 Å². The van der Waals surface area contributed by atoms with Crippen molar-refractivity contribution in [1.82, 2.24) is 15.1 Å². The summed E-state index contributed by atoms with van der Waals surface area (Å²) in [6.07, 6.45) is 4.55. The Morgan fingerprint density at radius 2 is 1.75 bits per heavy atom. The molecule has 6 heteroatoms. The first-order valence-corrected chi connectivity index (χ1v) is 10.6. The van der Waals surface area contributed by atoms with Crippen molar-refractivity contribution in [3.05, 3.63) is 35.9 Å². The number of aryl methyl sites for hydroxylation is 1. The lowest BCUT2D eigenvalue weighted by atomic mass is 9.89. The fourth-order valence-corrected chi connectivity index (χ4v) is 4.27. The van der Waals surface area contributed by atoms with Crippen molar-refractivity contribution in [2.45, 2.75) is 49.7 Å². The largest absolute Gasteiger partial charge is 0.388 e. The summed E-state index contributed by atoms with van der Waals surface area (Å²) in [6.45, 7) is 3.76. The fraction of sp³-hybridized carbons (Fsp3) is 0.682. The van der Waals surface area contributed by atoms with Crippen LogP contribution < -0.4 is 5.32 Å². The van der Waals surface area contributed by atoms with Gasteiger partial charge in [0.25, 0.3) is 5.91 Å². The maximum atomic E-state index is 12.9. The Balaban J connectivity index is 1.45. The first-order valence-electron chi connectivity index (χ1n) is 10.6. The number of nitrogens with zero attached hydrogens (tertiary/aromatic N) is 2. The highest BCUT2D eigenvalue weighted by Crippen LogP contribution is 2.24. The van der Waals surface area contributed by atoms with Crippen LogP contribution in [0.1, 0.15) is 37.7 Å².